The predicted octanol–water partition coefficient (Wildman–Crippen LogP) is 4.49. The Morgan fingerprint density at radius 2 is 2.00 bits per heavy atom. The summed E-state index contributed by atoms with van der Waals surface area (Å²) in [5.41, 5.74) is 0. The Kier molecular flexibility index (Phi) is 5.64. The Bertz CT molecular complexity index is 428. The standard InChI is InChI=1S/C16H26ClN3/c1-4-15-18-14(17)11-16(19-15)20(10-9-12(2)3)13-7-5-6-8-13/h11-13H,4-10H2,1-3H3. The van der Waals surface area contributed by atoms with Crippen LogP contribution in [0.15, 0.2) is 6.07 Å². The number of nitrogens with zero attached hydrogens (tertiary/aromatic N) is 3. The second kappa shape index (κ2) is 7.26. The van der Waals surface area contributed by atoms with Crippen LogP contribution in [0.1, 0.15) is 58.7 Å². The van der Waals surface area contributed by atoms with Crippen LogP contribution in [0.4, 0.5) is 5.82 Å². The summed E-state index contributed by atoms with van der Waals surface area (Å²) in [4.78, 5) is 11.5. The molecule has 1 saturated carbocycles. The summed E-state index contributed by atoms with van der Waals surface area (Å²) >= 11 is 6.16. The fraction of sp³-hybridized carbons (Fsp3) is 0.750. The van der Waals surface area contributed by atoms with Gasteiger partial charge in [-0.1, -0.05) is 45.2 Å². The van der Waals surface area contributed by atoms with Gasteiger partial charge in [-0.2, -0.15) is 0 Å². The van der Waals surface area contributed by atoms with E-state index < -0.39 is 0 Å². The maximum absolute atomic E-state index is 6.16. The molecule has 1 aliphatic rings. The van der Waals surface area contributed by atoms with E-state index in [1.165, 1.54) is 32.1 Å². The minimum atomic E-state index is 0.569. The maximum Gasteiger partial charge on any atom is 0.134 e. The number of anilines is 1. The molecule has 0 aliphatic heterocycles. The van der Waals surface area contributed by atoms with Gasteiger partial charge in [0.05, 0.1) is 0 Å². The minimum Gasteiger partial charge on any atom is -0.353 e. The third-order valence-electron chi connectivity index (χ3n) is 4.05. The third kappa shape index (κ3) is 4.08. The van der Waals surface area contributed by atoms with E-state index in [0.717, 1.165) is 24.6 Å². The van der Waals surface area contributed by atoms with Crippen LogP contribution >= 0.6 is 11.6 Å². The number of rotatable bonds is 6. The molecule has 112 valence electrons. The van der Waals surface area contributed by atoms with Gasteiger partial charge < -0.3 is 4.90 Å². The molecule has 1 aromatic rings. The van der Waals surface area contributed by atoms with Gasteiger partial charge in [0.1, 0.15) is 16.8 Å². The smallest absolute Gasteiger partial charge is 0.134 e. The van der Waals surface area contributed by atoms with E-state index in [1.54, 1.807) is 0 Å². The highest BCUT2D eigenvalue weighted by molar-refractivity contribution is 6.29. The molecule has 1 fully saturated rings. The highest BCUT2D eigenvalue weighted by Crippen LogP contribution is 2.29. The molecule has 0 amide bonds. The van der Waals surface area contributed by atoms with Gasteiger partial charge in [0.25, 0.3) is 0 Å². The molecule has 3 nitrogen and oxygen atoms in total. The Hall–Kier alpha value is -0.830. The van der Waals surface area contributed by atoms with Crippen LogP contribution in [-0.2, 0) is 6.42 Å². The average Bonchev–Trinajstić information content (AvgIpc) is 2.92. The van der Waals surface area contributed by atoms with Crippen LogP contribution in [0.3, 0.4) is 0 Å². The lowest BCUT2D eigenvalue weighted by Gasteiger charge is -2.31. The topological polar surface area (TPSA) is 29.0 Å². The van der Waals surface area contributed by atoms with Gasteiger partial charge in [0.2, 0.25) is 0 Å². The van der Waals surface area contributed by atoms with Crippen molar-refractivity contribution in [2.24, 2.45) is 5.92 Å². The first-order chi connectivity index (χ1) is 9.60. The zero-order chi connectivity index (χ0) is 14.5. The van der Waals surface area contributed by atoms with Crippen LogP contribution in [0.5, 0.6) is 0 Å². The van der Waals surface area contributed by atoms with Gasteiger partial charge in [0, 0.05) is 25.1 Å². The molecular weight excluding hydrogens is 270 g/mol. The molecule has 0 saturated heterocycles. The second-order valence-corrected chi connectivity index (χ2v) is 6.52. The molecule has 0 bridgehead atoms. The highest BCUT2D eigenvalue weighted by Gasteiger charge is 2.24. The van der Waals surface area contributed by atoms with Crippen LogP contribution in [-0.4, -0.2) is 22.6 Å². The summed E-state index contributed by atoms with van der Waals surface area (Å²) < 4.78 is 0. The Morgan fingerprint density at radius 1 is 1.30 bits per heavy atom. The molecule has 0 radical (unpaired) electrons. The number of aromatic nitrogens is 2. The maximum atomic E-state index is 6.16. The van der Waals surface area contributed by atoms with E-state index in [9.17, 15) is 0 Å². The average molecular weight is 296 g/mol. The fourth-order valence-corrected chi connectivity index (χ4v) is 3.05. The minimum absolute atomic E-state index is 0.569. The monoisotopic (exact) mass is 295 g/mol. The van der Waals surface area contributed by atoms with Gasteiger partial charge >= 0.3 is 0 Å². The van der Waals surface area contributed by atoms with Crippen molar-refractivity contribution in [1.29, 1.82) is 0 Å². The number of hydrogen-bond acceptors (Lipinski definition) is 3. The molecule has 1 heterocycles. The van der Waals surface area contributed by atoms with E-state index in [2.05, 4.69) is 30.7 Å². The summed E-state index contributed by atoms with van der Waals surface area (Å²) in [7, 11) is 0. The summed E-state index contributed by atoms with van der Waals surface area (Å²) in [5, 5.41) is 0.569. The lowest BCUT2D eigenvalue weighted by molar-refractivity contribution is 0.524. The van der Waals surface area contributed by atoms with Crippen molar-refractivity contribution in [1.82, 2.24) is 9.97 Å². The molecule has 2 rings (SSSR count). The lowest BCUT2D eigenvalue weighted by Crippen LogP contribution is -2.35. The van der Waals surface area contributed by atoms with Crippen molar-refractivity contribution in [3.05, 3.63) is 17.0 Å². The van der Waals surface area contributed by atoms with Gasteiger partial charge in [-0.3, -0.25) is 0 Å². The Morgan fingerprint density at radius 3 is 2.60 bits per heavy atom. The van der Waals surface area contributed by atoms with E-state index >= 15 is 0 Å². The van der Waals surface area contributed by atoms with Gasteiger partial charge in [-0.05, 0) is 25.2 Å². The zero-order valence-electron chi connectivity index (χ0n) is 12.9. The van der Waals surface area contributed by atoms with Crippen molar-refractivity contribution >= 4 is 17.4 Å². The zero-order valence-corrected chi connectivity index (χ0v) is 13.7. The van der Waals surface area contributed by atoms with Crippen LogP contribution < -0.4 is 4.90 Å². The van der Waals surface area contributed by atoms with Crippen molar-refractivity contribution in [3.63, 3.8) is 0 Å². The first-order valence-corrected chi connectivity index (χ1v) is 8.28. The fourth-order valence-electron chi connectivity index (χ4n) is 2.85. The highest BCUT2D eigenvalue weighted by atomic mass is 35.5. The van der Waals surface area contributed by atoms with Gasteiger partial charge in [0.15, 0.2) is 0 Å². The molecule has 1 aliphatic carbocycles. The van der Waals surface area contributed by atoms with Crippen LogP contribution in [0.25, 0.3) is 0 Å². The van der Waals surface area contributed by atoms with E-state index in [1.807, 2.05) is 6.07 Å². The number of aryl methyl sites for hydroxylation is 1. The quantitative estimate of drug-likeness (QED) is 0.724. The number of halogens is 1. The van der Waals surface area contributed by atoms with E-state index in [0.29, 0.717) is 17.1 Å². The van der Waals surface area contributed by atoms with Crippen molar-refractivity contribution in [3.8, 4) is 0 Å². The van der Waals surface area contributed by atoms with Crippen molar-refractivity contribution < 1.29 is 0 Å². The molecule has 0 N–H and O–H groups in total. The molecule has 20 heavy (non-hydrogen) atoms. The predicted molar refractivity (Wildman–Crippen MR) is 85.5 cm³/mol. The molecule has 1 aromatic heterocycles. The Balaban J connectivity index is 2.22. The third-order valence-corrected chi connectivity index (χ3v) is 4.24. The summed E-state index contributed by atoms with van der Waals surface area (Å²) in [6.45, 7) is 7.69. The van der Waals surface area contributed by atoms with Crippen LogP contribution in [0, 0.1) is 5.92 Å². The molecule has 4 heteroatoms. The first kappa shape index (κ1) is 15.6. The molecule has 0 aromatic carbocycles. The summed E-state index contributed by atoms with van der Waals surface area (Å²) in [6, 6.07) is 2.56. The largest absolute Gasteiger partial charge is 0.353 e. The SMILES string of the molecule is CCc1nc(Cl)cc(N(CCC(C)C)C2CCCC2)n1. The van der Waals surface area contributed by atoms with E-state index in [-0.39, 0.29) is 0 Å². The van der Waals surface area contributed by atoms with Gasteiger partial charge in [-0.25, -0.2) is 9.97 Å². The molecule has 0 unspecified atom stereocenters. The molecule has 0 spiro atoms. The van der Waals surface area contributed by atoms with Crippen molar-refractivity contribution in [2.45, 2.75) is 65.3 Å². The summed E-state index contributed by atoms with van der Waals surface area (Å²) in [6.07, 6.45) is 7.25. The Labute approximate surface area is 127 Å². The number of hydrogen-bond donors (Lipinski definition) is 0. The normalized spacial score (nSPS) is 16.1. The van der Waals surface area contributed by atoms with Crippen LogP contribution in [0.2, 0.25) is 5.15 Å². The van der Waals surface area contributed by atoms with E-state index in [4.69, 9.17) is 16.6 Å². The van der Waals surface area contributed by atoms with Crippen molar-refractivity contribution in [2.75, 3.05) is 11.4 Å². The first-order valence-electron chi connectivity index (χ1n) is 7.90. The van der Waals surface area contributed by atoms with Gasteiger partial charge in [-0.15, -0.1) is 0 Å². The molecular formula is C16H26ClN3. The molecule has 0 atom stereocenters. The summed E-state index contributed by atoms with van der Waals surface area (Å²) in [5.74, 6) is 2.58. The lowest BCUT2D eigenvalue weighted by atomic mass is 10.1. The second-order valence-electron chi connectivity index (χ2n) is 6.13.